The number of nitrogens with zero attached hydrogens (tertiary/aromatic N) is 2. The van der Waals surface area contributed by atoms with Crippen LogP contribution >= 0.6 is 22.9 Å². The number of carboxylic acid groups (broad SMARTS) is 1. The van der Waals surface area contributed by atoms with Crippen LogP contribution in [0.2, 0.25) is 5.02 Å². The Labute approximate surface area is 124 Å². The molecule has 0 radical (unpaired) electrons. The Bertz CT molecular complexity index is 639. The van der Waals surface area contributed by atoms with E-state index in [0.717, 1.165) is 16.9 Å². The highest BCUT2D eigenvalue weighted by atomic mass is 35.5. The number of halogens is 1. The zero-order chi connectivity index (χ0) is 14.7. The zero-order valence-electron chi connectivity index (χ0n) is 10.5. The summed E-state index contributed by atoms with van der Waals surface area (Å²) < 4.78 is 0. The maximum absolute atomic E-state index is 12.1. The molecule has 0 aliphatic heterocycles. The average Bonchev–Trinajstić information content (AvgIpc) is 2.90. The molecule has 2 rings (SSSR count). The third kappa shape index (κ3) is 3.34. The summed E-state index contributed by atoms with van der Waals surface area (Å²) in [5, 5.41) is 10.9. The molecule has 7 heteroatoms. The molecule has 0 saturated carbocycles. The molecule has 0 unspecified atom stereocenters. The van der Waals surface area contributed by atoms with Crippen LogP contribution in [0.1, 0.15) is 25.9 Å². The lowest BCUT2D eigenvalue weighted by Crippen LogP contribution is -2.26. The molecule has 0 fully saturated rings. The summed E-state index contributed by atoms with van der Waals surface area (Å²) in [5.74, 6) is -1.45. The van der Waals surface area contributed by atoms with Gasteiger partial charge in [0.15, 0.2) is 10.7 Å². The molecular weight excluding hydrogens is 300 g/mol. The van der Waals surface area contributed by atoms with Crippen molar-refractivity contribution < 1.29 is 14.7 Å². The molecule has 1 N–H and O–H groups in total. The highest BCUT2D eigenvalue weighted by Gasteiger charge is 2.18. The van der Waals surface area contributed by atoms with Crippen LogP contribution in [0.4, 0.5) is 0 Å². The summed E-state index contributed by atoms with van der Waals surface area (Å²) in [6, 6.07) is 7.16. The SMILES string of the molecule is CN(Cc1ccc(Cl)cc1)C(=O)c1nc(C(=O)O)cs1. The van der Waals surface area contributed by atoms with Gasteiger partial charge in [0, 0.05) is 24.0 Å². The Morgan fingerprint density at radius 1 is 1.35 bits per heavy atom. The van der Waals surface area contributed by atoms with E-state index < -0.39 is 5.97 Å². The average molecular weight is 311 g/mol. The highest BCUT2D eigenvalue weighted by Crippen LogP contribution is 2.15. The van der Waals surface area contributed by atoms with E-state index in [1.807, 2.05) is 12.1 Å². The van der Waals surface area contributed by atoms with Crippen molar-refractivity contribution in [2.45, 2.75) is 6.54 Å². The Balaban J connectivity index is 2.07. The van der Waals surface area contributed by atoms with Crippen LogP contribution in [0, 0.1) is 0 Å². The molecular formula is C13H11ClN2O3S. The number of rotatable bonds is 4. The van der Waals surface area contributed by atoms with Crippen molar-refractivity contribution in [1.82, 2.24) is 9.88 Å². The lowest BCUT2D eigenvalue weighted by atomic mass is 10.2. The van der Waals surface area contributed by atoms with Gasteiger partial charge in [0.05, 0.1) is 0 Å². The fraction of sp³-hybridized carbons (Fsp3) is 0.154. The topological polar surface area (TPSA) is 70.5 Å². The summed E-state index contributed by atoms with van der Waals surface area (Å²) in [5.41, 5.74) is 0.818. The van der Waals surface area contributed by atoms with Crippen LogP contribution in [0.5, 0.6) is 0 Å². The summed E-state index contributed by atoms with van der Waals surface area (Å²) in [4.78, 5) is 28.1. The van der Waals surface area contributed by atoms with E-state index in [2.05, 4.69) is 4.98 Å². The molecule has 0 bridgehead atoms. The second-order valence-corrected chi connectivity index (χ2v) is 5.43. The van der Waals surface area contributed by atoms with Gasteiger partial charge in [-0.1, -0.05) is 23.7 Å². The van der Waals surface area contributed by atoms with Gasteiger partial charge in [-0.25, -0.2) is 9.78 Å². The van der Waals surface area contributed by atoms with Crippen LogP contribution in [-0.4, -0.2) is 33.9 Å². The largest absolute Gasteiger partial charge is 0.476 e. The number of hydrogen-bond donors (Lipinski definition) is 1. The lowest BCUT2D eigenvalue weighted by Gasteiger charge is -2.15. The molecule has 1 aromatic carbocycles. The van der Waals surface area contributed by atoms with E-state index in [1.54, 1.807) is 19.2 Å². The number of carbonyl (C=O) groups is 2. The predicted octanol–water partition coefficient (Wildman–Crippen LogP) is 2.77. The normalized spacial score (nSPS) is 10.3. The van der Waals surface area contributed by atoms with E-state index in [1.165, 1.54) is 10.3 Å². The predicted molar refractivity (Wildman–Crippen MR) is 76.3 cm³/mol. The molecule has 1 aromatic heterocycles. The van der Waals surface area contributed by atoms with Gasteiger partial charge in [0.2, 0.25) is 0 Å². The number of carboxylic acids is 1. The van der Waals surface area contributed by atoms with Crippen molar-refractivity contribution in [3.05, 3.63) is 50.9 Å². The zero-order valence-corrected chi connectivity index (χ0v) is 12.1. The third-order valence-corrected chi connectivity index (χ3v) is 3.67. The summed E-state index contributed by atoms with van der Waals surface area (Å²) in [6.45, 7) is 0.401. The molecule has 20 heavy (non-hydrogen) atoms. The minimum absolute atomic E-state index is 0.113. The van der Waals surface area contributed by atoms with Crippen LogP contribution < -0.4 is 0 Å². The van der Waals surface area contributed by atoms with E-state index in [4.69, 9.17) is 16.7 Å². The van der Waals surface area contributed by atoms with Crippen molar-refractivity contribution >= 4 is 34.8 Å². The van der Waals surface area contributed by atoms with Crippen LogP contribution in [0.15, 0.2) is 29.6 Å². The molecule has 0 spiro atoms. The van der Waals surface area contributed by atoms with Gasteiger partial charge >= 0.3 is 5.97 Å². The number of amides is 1. The Morgan fingerprint density at radius 3 is 2.55 bits per heavy atom. The number of thiazole rings is 1. The molecule has 0 aliphatic rings. The number of benzene rings is 1. The molecule has 5 nitrogen and oxygen atoms in total. The van der Waals surface area contributed by atoms with Crippen molar-refractivity contribution in [3.8, 4) is 0 Å². The van der Waals surface area contributed by atoms with Crippen molar-refractivity contribution in [3.63, 3.8) is 0 Å². The second-order valence-electron chi connectivity index (χ2n) is 4.13. The van der Waals surface area contributed by atoms with Crippen LogP contribution in [0.3, 0.4) is 0 Å². The molecule has 1 amide bonds. The first kappa shape index (κ1) is 14.5. The van der Waals surface area contributed by atoms with Gasteiger partial charge in [-0.2, -0.15) is 0 Å². The lowest BCUT2D eigenvalue weighted by molar-refractivity contribution is 0.0691. The fourth-order valence-electron chi connectivity index (χ4n) is 1.57. The maximum Gasteiger partial charge on any atom is 0.355 e. The molecule has 0 atom stereocenters. The van der Waals surface area contributed by atoms with Gasteiger partial charge in [0.1, 0.15) is 0 Å². The Kier molecular flexibility index (Phi) is 4.36. The Hall–Kier alpha value is -1.92. The van der Waals surface area contributed by atoms with E-state index in [-0.39, 0.29) is 16.6 Å². The number of aromatic nitrogens is 1. The van der Waals surface area contributed by atoms with Gasteiger partial charge in [-0.15, -0.1) is 11.3 Å². The summed E-state index contributed by atoms with van der Waals surface area (Å²) in [6.07, 6.45) is 0. The highest BCUT2D eigenvalue weighted by molar-refractivity contribution is 7.11. The van der Waals surface area contributed by atoms with Crippen molar-refractivity contribution in [2.75, 3.05) is 7.05 Å². The summed E-state index contributed by atoms with van der Waals surface area (Å²) >= 11 is 6.82. The molecule has 0 aliphatic carbocycles. The minimum Gasteiger partial charge on any atom is -0.476 e. The standard InChI is InChI=1S/C13H11ClN2O3S/c1-16(6-8-2-4-9(14)5-3-8)12(17)11-15-10(7-20-11)13(18)19/h2-5,7H,6H2,1H3,(H,18,19). The number of carbonyl (C=O) groups excluding carboxylic acids is 1. The molecule has 2 aromatic rings. The number of aromatic carboxylic acids is 1. The fourth-order valence-corrected chi connectivity index (χ4v) is 2.48. The molecule has 104 valence electrons. The minimum atomic E-state index is -1.14. The first-order chi connectivity index (χ1) is 9.47. The monoisotopic (exact) mass is 310 g/mol. The van der Waals surface area contributed by atoms with Gasteiger partial charge < -0.3 is 10.0 Å². The quantitative estimate of drug-likeness (QED) is 0.942. The van der Waals surface area contributed by atoms with E-state index >= 15 is 0 Å². The van der Waals surface area contributed by atoms with Gasteiger partial charge in [-0.05, 0) is 17.7 Å². The molecule has 1 heterocycles. The Morgan fingerprint density at radius 2 is 2.00 bits per heavy atom. The van der Waals surface area contributed by atoms with E-state index in [0.29, 0.717) is 11.6 Å². The second kappa shape index (κ2) is 6.02. The first-order valence-corrected chi connectivity index (χ1v) is 6.92. The van der Waals surface area contributed by atoms with Crippen molar-refractivity contribution in [2.24, 2.45) is 0 Å². The van der Waals surface area contributed by atoms with Gasteiger partial charge in [0.25, 0.3) is 5.91 Å². The molecule has 0 saturated heterocycles. The van der Waals surface area contributed by atoms with Crippen LogP contribution in [0.25, 0.3) is 0 Å². The van der Waals surface area contributed by atoms with E-state index in [9.17, 15) is 9.59 Å². The third-order valence-electron chi connectivity index (χ3n) is 2.59. The summed E-state index contributed by atoms with van der Waals surface area (Å²) in [7, 11) is 1.64. The maximum atomic E-state index is 12.1. The smallest absolute Gasteiger partial charge is 0.355 e. The van der Waals surface area contributed by atoms with Gasteiger partial charge in [-0.3, -0.25) is 4.79 Å². The van der Waals surface area contributed by atoms with Crippen molar-refractivity contribution in [1.29, 1.82) is 0 Å². The van der Waals surface area contributed by atoms with Crippen LogP contribution in [-0.2, 0) is 6.54 Å². The number of hydrogen-bond acceptors (Lipinski definition) is 4. The first-order valence-electron chi connectivity index (χ1n) is 5.66.